The number of carbonyl (C=O) groups excluding carboxylic acids is 6. The molecule has 7 aliphatic carbocycles. The Morgan fingerprint density at radius 3 is 0.465 bits per heavy atom. The van der Waals surface area contributed by atoms with Crippen LogP contribution in [-0.2, 0) is 43.0 Å². The number of carbonyl (C=O) groups is 6. The first-order chi connectivity index (χ1) is 70.6. The summed E-state index contributed by atoms with van der Waals surface area (Å²) in [5.41, 5.74) is -10.2. The highest BCUT2D eigenvalue weighted by Crippen LogP contribution is 2.60. The summed E-state index contributed by atoms with van der Waals surface area (Å²) >= 11 is 0. The van der Waals surface area contributed by atoms with Crippen LogP contribution in [-0.4, -0.2) is 85.7 Å². The first kappa shape index (κ1) is 128. The molecule has 2 unspecified atom stereocenters. The zero-order chi connectivity index (χ0) is 103. The normalized spacial score (nSPS) is 26.9. The Morgan fingerprint density at radius 1 is 0.174 bits per heavy atom. The van der Waals surface area contributed by atoms with Crippen LogP contribution in [0.1, 0.15) is 696 Å². The predicted molar refractivity (Wildman–Crippen MR) is 606 cm³/mol. The van der Waals surface area contributed by atoms with E-state index in [1.54, 1.807) is 0 Å². The Hall–Kier alpha value is -2.70. The monoisotopic (exact) mass is 2020 g/mol. The van der Waals surface area contributed by atoms with Crippen LogP contribution in [0.4, 0.5) is 0 Å². The van der Waals surface area contributed by atoms with Crippen molar-refractivity contribution in [2.75, 3.05) is 0 Å². The van der Waals surface area contributed by atoms with Gasteiger partial charge in [0.2, 0.25) is 11.2 Å². The number of aliphatic hydroxyl groups is 3. The second-order valence-electron chi connectivity index (χ2n) is 50.3. The van der Waals surface area contributed by atoms with Gasteiger partial charge in [0, 0.05) is 17.8 Å². The van der Waals surface area contributed by atoms with Gasteiger partial charge in [0.1, 0.15) is 18.3 Å². The number of ketones is 3. The lowest BCUT2D eigenvalue weighted by atomic mass is 9.49. The minimum absolute atomic E-state index is 0.262. The lowest BCUT2D eigenvalue weighted by molar-refractivity contribution is -0.329. The molecule has 0 aromatic rings. The highest BCUT2D eigenvalue weighted by Gasteiger charge is 2.89. The largest absolute Gasteiger partial charge is 0.443 e. The zero-order valence-electron chi connectivity index (χ0n) is 96.3. The molecule has 6 atom stereocenters. The molecule has 0 amide bonds. The summed E-state index contributed by atoms with van der Waals surface area (Å²) in [5, 5.41) is 43.0. The Morgan fingerprint density at radius 2 is 0.306 bits per heavy atom. The molecule has 840 valence electrons. The summed E-state index contributed by atoms with van der Waals surface area (Å²) < 4.78 is 22.9. The van der Waals surface area contributed by atoms with Crippen molar-refractivity contribution in [1.29, 1.82) is 0 Å². The molecule has 7 rings (SSSR count). The Labute approximate surface area is 890 Å². The number of unbranched alkanes of at least 4 members (excludes halogenated alkanes) is 66. The summed E-state index contributed by atoms with van der Waals surface area (Å²) in [6.07, 6.45) is 102. The lowest BCUT2D eigenvalue weighted by Crippen LogP contribution is -2.92. The Kier molecular flexibility index (Phi) is 72.1. The highest BCUT2D eigenvalue weighted by molar-refractivity contribution is 6.12. The van der Waals surface area contributed by atoms with Crippen molar-refractivity contribution >= 4 is 35.3 Å². The van der Waals surface area contributed by atoms with Crippen LogP contribution in [0.15, 0.2) is 0 Å². The molecule has 0 bridgehead atoms. The number of rotatable bonds is 90. The fourth-order valence-corrected chi connectivity index (χ4v) is 28.4. The molecule has 12 heteroatoms. The second kappa shape index (κ2) is 81.0. The summed E-state index contributed by atoms with van der Waals surface area (Å²) in [6, 6.07) is 0. The number of aliphatic hydroxyl groups excluding tert-OH is 3. The zero-order valence-corrected chi connectivity index (χ0v) is 96.3. The van der Waals surface area contributed by atoms with Crippen molar-refractivity contribution in [3.05, 3.63) is 0 Å². The van der Waals surface area contributed by atoms with Gasteiger partial charge in [0.25, 0.3) is 5.60 Å². The van der Waals surface area contributed by atoms with E-state index in [9.17, 15) is 15.3 Å². The summed E-state index contributed by atoms with van der Waals surface area (Å²) in [6.45, 7) is 13.7. The van der Waals surface area contributed by atoms with Gasteiger partial charge in [-0.1, -0.05) is 542 Å². The second-order valence-corrected chi connectivity index (χ2v) is 50.3. The van der Waals surface area contributed by atoms with E-state index in [1.165, 1.54) is 398 Å². The molecular weight excluding hydrogens is 1780 g/mol. The topological polar surface area (TPSA) is 191 Å². The molecule has 0 aromatic carbocycles. The van der Waals surface area contributed by atoms with Crippen LogP contribution >= 0.6 is 0 Å². The van der Waals surface area contributed by atoms with E-state index in [-0.39, 0.29) is 30.6 Å². The highest BCUT2D eigenvalue weighted by atomic mass is 16.7. The van der Waals surface area contributed by atoms with Crippen molar-refractivity contribution in [3.8, 4) is 0 Å². The van der Waals surface area contributed by atoms with E-state index in [1.807, 2.05) is 0 Å². The molecule has 0 aliphatic heterocycles. The van der Waals surface area contributed by atoms with Gasteiger partial charge in [-0.3, -0.25) is 28.8 Å². The smallest absolute Gasteiger partial charge is 0.310 e. The summed E-state index contributed by atoms with van der Waals surface area (Å²) in [7, 11) is 0. The third-order valence-corrected chi connectivity index (χ3v) is 38.4. The van der Waals surface area contributed by atoms with Gasteiger partial charge < -0.3 is 29.5 Å². The number of esters is 3. The van der Waals surface area contributed by atoms with Gasteiger partial charge in [0.05, 0.1) is 17.8 Å². The average molecular weight is 2020 g/mol. The maximum Gasteiger partial charge on any atom is 0.310 e. The van der Waals surface area contributed by atoms with E-state index in [2.05, 4.69) is 41.5 Å². The Balaban J connectivity index is 1.31. The first-order valence-electron chi connectivity index (χ1n) is 65.9. The summed E-state index contributed by atoms with van der Waals surface area (Å²) in [5.74, 6) is -8.67. The van der Waals surface area contributed by atoms with E-state index < -0.39 is 106 Å². The molecule has 144 heavy (non-hydrogen) atoms. The van der Waals surface area contributed by atoms with Crippen molar-refractivity contribution < 1.29 is 58.3 Å². The van der Waals surface area contributed by atoms with Gasteiger partial charge in [-0.05, 0) is 190 Å². The maximum absolute atomic E-state index is 18.8. The van der Waals surface area contributed by atoms with Crippen LogP contribution in [0.3, 0.4) is 0 Å². The number of hydrogen-bond acceptors (Lipinski definition) is 12. The molecule has 0 saturated heterocycles. The van der Waals surface area contributed by atoms with Gasteiger partial charge in [-0.25, -0.2) is 0 Å². The van der Waals surface area contributed by atoms with E-state index in [0.29, 0.717) is 120 Å². The van der Waals surface area contributed by atoms with Gasteiger partial charge >= 0.3 is 17.9 Å². The van der Waals surface area contributed by atoms with Crippen molar-refractivity contribution in [2.24, 2.45) is 71.0 Å². The minimum atomic E-state index is -3.47. The summed E-state index contributed by atoms with van der Waals surface area (Å²) in [4.78, 5) is 106. The van der Waals surface area contributed by atoms with Gasteiger partial charge in [-0.2, -0.15) is 0 Å². The number of hydrogen-bond donors (Lipinski definition) is 3. The number of Topliss-reactive ketones (excluding diaryl/α,β-unsaturated/α-hetero) is 3. The quantitative estimate of drug-likeness (QED) is 0.0297. The molecule has 0 heterocycles. The molecule has 12 nitrogen and oxygen atoms in total. The lowest BCUT2D eigenvalue weighted by Gasteiger charge is -2.63. The molecule has 0 spiro atoms. The SMILES string of the molecule is CCCCCCCCCCCCCCC1CCC(C(=O)OC2(C(=O)C3CCC(CCCCCCCCCCCCCC)CC3)[C@@](OC(=O)C3CCC(CCCCCCCCCCCCCC)CC3)(C(=O)C3CCC(CCCCCCCCCCCCCC)CC3)[C@@H](O)C(O)[C@@H](O)[C@@]2(OC(=O)C2CCC(CCCCCCCCCCCCCC)CC2)C(=O)C2CCC(CCCCCCCCCCCCCC)CC2)CC1. The fraction of sp³-hybridized carbons (Fsp3) is 0.955. The van der Waals surface area contributed by atoms with Crippen LogP contribution < -0.4 is 0 Å². The van der Waals surface area contributed by atoms with Gasteiger partial charge in [-0.15, -0.1) is 0 Å². The van der Waals surface area contributed by atoms with Crippen LogP contribution in [0, 0.1) is 71.0 Å². The van der Waals surface area contributed by atoms with Crippen molar-refractivity contribution in [1.82, 2.24) is 0 Å². The molecule has 0 aromatic heterocycles. The van der Waals surface area contributed by atoms with Crippen LogP contribution in [0.2, 0.25) is 0 Å². The average Bonchev–Trinajstić information content (AvgIpc) is 0.656. The molecule has 3 N–H and O–H groups in total. The Bertz CT molecular complexity index is 2980. The molecule has 7 fully saturated rings. The molecular formula is C132H240O12. The van der Waals surface area contributed by atoms with Crippen molar-refractivity contribution in [2.45, 2.75) is 732 Å². The standard InChI is InChI=1S/C132H240O12/c1-7-13-19-25-31-37-43-49-55-61-67-73-79-109-85-97-115(98-86-109)122(134)130(142-127(139)118-103-91-112(92-104-118)82-76-70-64-58-52-46-40-34-28-22-16-10-4)125(137)121(133)126(138)131(123(135)116-99-87-110(88-100-116)80-74-68-62-56-50-44-38-32-26-20-14-8-2,143-128(140)119-105-93-113(94-106-119)83-77-71-65-59-53-47-41-35-29-23-17-11-5)132(130,124(136)117-101-89-111(90-102-117)81-75-69-63-57-51-45-39-33-27-21-15-9-3)144-129(141)120-107-95-114(96-108-120)84-78-72-66-60-54-48-42-36-30-24-18-12-6/h109-121,125-126,133,137-138H,7-108H2,1-6H3/t109?,110?,111?,112?,113?,114?,115?,116?,117?,118?,119?,120?,121?,125-,126+,130+,131-,132?. The van der Waals surface area contributed by atoms with E-state index in [0.717, 1.165) is 141 Å². The first-order valence-corrected chi connectivity index (χ1v) is 65.9. The van der Waals surface area contributed by atoms with Crippen LogP contribution in [0.25, 0.3) is 0 Å². The number of ether oxygens (including phenoxy) is 3. The molecule has 7 aliphatic rings. The van der Waals surface area contributed by atoms with Gasteiger partial charge in [0.15, 0.2) is 17.3 Å². The molecule has 0 radical (unpaired) electrons. The van der Waals surface area contributed by atoms with E-state index >= 15 is 28.8 Å². The predicted octanol–water partition coefficient (Wildman–Crippen LogP) is 39.0. The van der Waals surface area contributed by atoms with Crippen molar-refractivity contribution in [3.63, 3.8) is 0 Å². The fourth-order valence-electron chi connectivity index (χ4n) is 28.4. The third-order valence-electron chi connectivity index (χ3n) is 38.4. The minimum Gasteiger partial charge on any atom is -0.443 e. The molecule has 7 saturated carbocycles. The van der Waals surface area contributed by atoms with Crippen LogP contribution in [0.5, 0.6) is 0 Å². The van der Waals surface area contributed by atoms with E-state index in [4.69, 9.17) is 14.2 Å². The third kappa shape index (κ3) is 47.7. The maximum atomic E-state index is 18.8.